The number of carbonyl (C=O) groups is 1. The van der Waals surface area contributed by atoms with Crippen molar-refractivity contribution in [2.45, 2.75) is 0 Å². The van der Waals surface area contributed by atoms with Crippen LogP contribution in [-0.2, 0) is 4.79 Å². The van der Waals surface area contributed by atoms with Crippen molar-refractivity contribution in [3.05, 3.63) is 67.6 Å². The Bertz CT molecular complexity index is 781. The number of amides is 1. The highest BCUT2D eigenvalue weighted by Crippen LogP contribution is 2.28. The van der Waals surface area contributed by atoms with Crippen molar-refractivity contribution < 1.29 is 14.5 Å². The normalized spacial score (nSPS) is 10.6. The molecule has 0 aliphatic rings. The van der Waals surface area contributed by atoms with E-state index in [2.05, 4.69) is 26.5 Å². The van der Waals surface area contributed by atoms with E-state index >= 15 is 0 Å². The maximum Gasteiger partial charge on any atom is 0.277 e. The van der Waals surface area contributed by atoms with Crippen LogP contribution in [0.15, 0.2) is 52.0 Å². The quantitative estimate of drug-likeness (QED) is 0.446. The van der Waals surface area contributed by atoms with Gasteiger partial charge in [-0.25, -0.2) is 5.43 Å². The fourth-order valence-corrected chi connectivity index (χ4v) is 2.23. The average molecular weight is 413 g/mol. The first kappa shape index (κ1) is 17.9. The van der Waals surface area contributed by atoms with Crippen LogP contribution in [0.2, 0.25) is 5.02 Å². The molecular weight excluding hydrogens is 402 g/mol. The van der Waals surface area contributed by atoms with Gasteiger partial charge in [0.15, 0.2) is 6.61 Å². The SMILES string of the molecule is O=C(COc1ccc([N+](=O)[O-])cc1Br)N/N=C\c1ccc(Cl)cc1. The topological polar surface area (TPSA) is 93.8 Å². The van der Waals surface area contributed by atoms with E-state index in [1.165, 1.54) is 24.4 Å². The number of ether oxygens (including phenoxy) is 1. The number of nitrogens with one attached hydrogen (secondary N) is 1. The second kappa shape index (κ2) is 8.42. The van der Waals surface area contributed by atoms with Crippen molar-refractivity contribution in [2.75, 3.05) is 6.61 Å². The number of carbonyl (C=O) groups excluding carboxylic acids is 1. The monoisotopic (exact) mass is 411 g/mol. The number of nitro benzene ring substituents is 1. The van der Waals surface area contributed by atoms with Gasteiger partial charge in [-0.15, -0.1) is 0 Å². The lowest BCUT2D eigenvalue weighted by atomic mass is 10.2. The van der Waals surface area contributed by atoms with Crippen molar-refractivity contribution in [1.29, 1.82) is 0 Å². The Hall–Kier alpha value is -2.45. The van der Waals surface area contributed by atoms with Crippen LogP contribution in [0.3, 0.4) is 0 Å². The predicted octanol–water partition coefficient (Wildman–Crippen LogP) is 3.54. The summed E-state index contributed by atoms with van der Waals surface area (Å²) in [5, 5.41) is 15.0. The summed E-state index contributed by atoms with van der Waals surface area (Å²) < 4.78 is 5.66. The number of hydrogen-bond donors (Lipinski definition) is 1. The molecule has 7 nitrogen and oxygen atoms in total. The maximum absolute atomic E-state index is 11.7. The molecule has 0 atom stereocenters. The molecule has 0 aliphatic heterocycles. The largest absolute Gasteiger partial charge is 0.483 e. The first-order valence-corrected chi connectivity index (χ1v) is 7.77. The van der Waals surface area contributed by atoms with E-state index in [0.717, 1.165) is 5.56 Å². The van der Waals surface area contributed by atoms with Gasteiger partial charge in [-0.05, 0) is 39.7 Å². The van der Waals surface area contributed by atoms with Crippen LogP contribution in [0.4, 0.5) is 5.69 Å². The highest BCUT2D eigenvalue weighted by Gasteiger charge is 2.11. The van der Waals surface area contributed by atoms with Gasteiger partial charge in [0.05, 0.1) is 15.6 Å². The molecule has 0 unspecified atom stereocenters. The van der Waals surface area contributed by atoms with Gasteiger partial charge in [0.25, 0.3) is 11.6 Å². The molecule has 2 rings (SSSR count). The molecule has 0 radical (unpaired) electrons. The van der Waals surface area contributed by atoms with Gasteiger partial charge in [0, 0.05) is 17.2 Å². The second-order valence-corrected chi connectivity index (χ2v) is 5.80. The van der Waals surface area contributed by atoms with Crippen molar-refractivity contribution in [2.24, 2.45) is 5.10 Å². The first-order chi connectivity index (χ1) is 11.5. The van der Waals surface area contributed by atoms with Gasteiger partial charge in [-0.2, -0.15) is 5.10 Å². The summed E-state index contributed by atoms with van der Waals surface area (Å²) in [7, 11) is 0. The van der Waals surface area contributed by atoms with Gasteiger partial charge in [-0.1, -0.05) is 23.7 Å². The van der Waals surface area contributed by atoms with Crippen molar-refractivity contribution in [3.8, 4) is 5.75 Å². The summed E-state index contributed by atoms with van der Waals surface area (Å²) in [6.45, 7) is -0.283. The fraction of sp³-hybridized carbons (Fsp3) is 0.0667. The summed E-state index contributed by atoms with van der Waals surface area (Å²) >= 11 is 8.92. The number of non-ortho nitro benzene ring substituents is 1. The molecule has 0 saturated carbocycles. The van der Waals surface area contributed by atoms with E-state index in [-0.39, 0.29) is 12.3 Å². The van der Waals surface area contributed by atoms with Gasteiger partial charge in [0.1, 0.15) is 5.75 Å². The lowest BCUT2D eigenvalue weighted by molar-refractivity contribution is -0.384. The molecule has 24 heavy (non-hydrogen) atoms. The van der Waals surface area contributed by atoms with Crippen LogP contribution in [0, 0.1) is 10.1 Å². The summed E-state index contributed by atoms with van der Waals surface area (Å²) in [4.78, 5) is 21.8. The molecule has 0 spiro atoms. The summed E-state index contributed by atoms with van der Waals surface area (Å²) in [6, 6.07) is 10.9. The highest BCUT2D eigenvalue weighted by molar-refractivity contribution is 9.10. The van der Waals surface area contributed by atoms with Crippen molar-refractivity contribution in [1.82, 2.24) is 5.43 Å². The Morgan fingerprint density at radius 1 is 1.33 bits per heavy atom. The highest BCUT2D eigenvalue weighted by atomic mass is 79.9. The van der Waals surface area contributed by atoms with E-state index in [9.17, 15) is 14.9 Å². The minimum absolute atomic E-state index is 0.0776. The number of nitrogens with zero attached hydrogens (tertiary/aromatic N) is 2. The van der Waals surface area contributed by atoms with E-state index in [1.54, 1.807) is 24.3 Å². The van der Waals surface area contributed by atoms with Crippen molar-refractivity contribution >= 4 is 45.3 Å². The number of nitro groups is 1. The lowest BCUT2D eigenvalue weighted by Crippen LogP contribution is -2.24. The zero-order chi connectivity index (χ0) is 17.5. The molecular formula is C15H11BrClN3O4. The molecule has 0 aliphatic carbocycles. The zero-order valence-electron chi connectivity index (χ0n) is 12.1. The summed E-state index contributed by atoms with van der Waals surface area (Å²) in [5.74, 6) is -0.150. The molecule has 9 heteroatoms. The molecule has 0 aromatic heterocycles. The minimum Gasteiger partial charge on any atom is -0.483 e. The molecule has 2 aromatic carbocycles. The number of hydrogen-bond acceptors (Lipinski definition) is 5. The van der Waals surface area contributed by atoms with Gasteiger partial charge >= 0.3 is 0 Å². The standard InChI is InChI=1S/C15H11BrClN3O4/c16-13-7-12(20(22)23)5-6-14(13)24-9-15(21)19-18-8-10-1-3-11(17)4-2-10/h1-8H,9H2,(H,19,21)/b18-8-. The van der Waals surface area contributed by atoms with Crippen LogP contribution in [0.5, 0.6) is 5.75 Å². The fourth-order valence-electron chi connectivity index (χ4n) is 1.62. The van der Waals surface area contributed by atoms with Gasteiger partial charge < -0.3 is 4.74 Å². The number of benzene rings is 2. The molecule has 1 amide bonds. The van der Waals surface area contributed by atoms with Crippen molar-refractivity contribution in [3.63, 3.8) is 0 Å². The third-order valence-corrected chi connectivity index (χ3v) is 3.63. The Morgan fingerprint density at radius 3 is 2.67 bits per heavy atom. The van der Waals surface area contributed by atoms with E-state index in [1.807, 2.05) is 0 Å². The second-order valence-electron chi connectivity index (χ2n) is 4.51. The third kappa shape index (κ3) is 5.32. The molecule has 0 bridgehead atoms. The Morgan fingerprint density at radius 2 is 2.04 bits per heavy atom. The van der Waals surface area contributed by atoms with Crippen LogP contribution >= 0.6 is 27.5 Å². The van der Waals surface area contributed by atoms with Gasteiger partial charge in [0.2, 0.25) is 0 Å². The van der Waals surface area contributed by atoms with Crippen LogP contribution in [0.25, 0.3) is 0 Å². The zero-order valence-corrected chi connectivity index (χ0v) is 14.5. The third-order valence-electron chi connectivity index (χ3n) is 2.76. The predicted molar refractivity (Wildman–Crippen MR) is 93.5 cm³/mol. The van der Waals surface area contributed by atoms with E-state index < -0.39 is 10.8 Å². The molecule has 1 N–H and O–H groups in total. The van der Waals surface area contributed by atoms with E-state index in [4.69, 9.17) is 16.3 Å². The van der Waals surface area contributed by atoms with Crippen LogP contribution < -0.4 is 10.2 Å². The smallest absolute Gasteiger partial charge is 0.277 e. The van der Waals surface area contributed by atoms with Gasteiger partial charge in [-0.3, -0.25) is 14.9 Å². The molecule has 0 fully saturated rings. The number of rotatable bonds is 6. The summed E-state index contributed by atoms with van der Waals surface area (Å²) in [5.41, 5.74) is 3.01. The maximum atomic E-state index is 11.7. The Kier molecular flexibility index (Phi) is 6.28. The number of hydrazone groups is 1. The van der Waals surface area contributed by atoms with Crippen LogP contribution in [-0.4, -0.2) is 23.7 Å². The molecule has 2 aromatic rings. The average Bonchev–Trinajstić information content (AvgIpc) is 2.55. The Labute approximate surface area is 150 Å². The van der Waals surface area contributed by atoms with Crippen LogP contribution in [0.1, 0.15) is 5.56 Å². The first-order valence-electron chi connectivity index (χ1n) is 6.60. The Balaban J connectivity index is 1.85. The molecule has 124 valence electrons. The molecule has 0 saturated heterocycles. The minimum atomic E-state index is -0.521. The summed E-state index contributed by atoms with van der Waals surface area (Å²) in [6.07, 6.45) is 1.47. The lowest BCUT2D eigenvalue weighted by Gasteiger charge is -2.06. The van der Waals surface area contributed by atoms with E-state index in [0.29, 0.717) is 15.2 Å². The number of halogens is 2. The molecule has 0 heterocycles.